The van der Waals surface area contributed by atoms with Gasteiger partial charge in [0, 0.05) is 32.7 Å². The molecule has 1 fully saturated rings. The quantitative estimate of drug-likeness (QED) is 0.767. The van der Waals surface area contributed by atoms with Crippen LogP contribution in [0.1, 0.15) is 33.6 Å². The van der Waals surface area contributed by atoms with Crippen LogP contribution < -0.4 is 5.32 Å². The minimum absolute atomic E-state index is 0.0109. The summed E-state index contributed by atoms with van der Waals surface area (Å²) in [5.74, 6) is -0.0272. The number of rotatable bonds is 1. The molecule has 18 heavy (non-hydrogen) atoms. The topological polar surface area (TPSA) is 52.7 Å². The molecule has 0 aromatic rings. The Balaban J connectivity index is 2.59. The van der Waals surface area contributed by atoms with E-state index in [9.17, 15) is 9.59 Å². The summed E-state index contributed by atoms with van der Waals surface area (Å²) >= 11 is 0. The van der Waals surface area contributed by atoms with Gasteiger partial charge in [-0.2, -0.15) is 0 Å². The van der Waals surface area contributed by atoms with Crippen LogP contribution in [-0.2, 0) is 4.79 Å². The molecule has 1 unspecified atom stereocenters. The molecule has 0 bridgehead atoms. The van der Waals surface area contributed by atoms with Crippen molar-refractivity contribution in [2.24, 2.45) is 5.92 Å². The van der Waals surface area contributed by atoms with Crippen LogP contribution in [0.2, 0.25) is 0 Å². The maximum Gasteiger partial charge on any atom is 0.319 e. The molecule has 1 saturated heterocycles. The SMILES string of the molecule is CN(C)C(=O)N1CCCC(C(=O)NC(C)(C)C)C1. The molecular formula is C13H25N3O2. The van der Waals surface area contributed by atoms with Crippen molar-refractivity contribution in [2.75, 3.05) is 27.2 Å². The summed E-state index contributed by atoms with van der Waals surface area (Å²) in [5, 5.41) is 2.99. The van der Waals surface area contributed by atoms with Gasteiger partial charge in [0.1, 0.15) is 0 Å². The van der Waals surface area contributed by atoms with Gasteiger partial charge in [0.2, 0.25) is 5.91 Å². The van der Waals surface area contributed by atoms with Gasteiger partial charge in [0.15, 0.2) is 0 Å². The lowest BCUT2D eigenvalue weighted by atomic mass is 9.96. The molecular weight excluding hydrogens is 230 g/mol. The van der Waals surface area contributed by atoms with Gasteiger partial charge in [0.05, 0.1) is 5.92 Å². The van der Waals surface area contributed by atoms with E-state index in [4.69, 9.17) is 0 Å². The van der Waals surface area contributed by atoms with Crippen molar-refractivity contribution in [1.82, 2.24) is 15.1 Å². The summed E-state index contributed by atoms with van der Waals surface area (Å²) in [6.45, 7) is 7.18. The molecule has 0 aromatic heterocycles. The number of likely N-dealkylation sites (tertiary alicyclic amines) is 1. The summed E-state index contributed by atoms with van der Waals surface area (Å²) in [5.41, 5.74) is -0.217. The Morgan fingerprint density at radius 3 is 2.39 bits per heavy atom. The van der Waals surface area contributed by atoms with Crippen molar-refractivity contribution in [3.63, 3.8) is 0 Å². The van der Waals surface area contributed by atoms with Gasteiger partial charge in [-0.15, -0.1) is 0 Å². The molecule has 1 rings (SSSR count). The smallest absolute Gasteiger partial charge is 0.319 e. The highest BCUT2D eigenvalue weighted by Gasteiger charge is 2.30. The monoisotopic (exact) mass is 255 g/mol. The highest BCUT2D eigenvalue weighted by atomic mass is 16.2. The Kier molecular flexibility index (Phi) is 4.59. The third-order valence-corrected chi connectivity index (χ3v) is 2.94. The third kappa shape index (κ3) is 4.20. The van der Waals surface area contributed by atoms with Crippen LogP contribution in [0.15, 0.2) is 0 Å². The van der Waals surface area contributed by atoms with Crippen molar-refractivity contribution < 1.29 is 9.59 Å². The zero-order valence-corrected chi connectivity index (χ0v) is 12.1. The van der Waals surface area contributed by atoms with E-state index in [2.05, 4.69) is 5.32 Å². The normalized spacial score (nSPS) is 20.5. The van der Waals surface area contributed by atoms with Gasteiger partial charge in [-0.1, -0.05) is 0 Å². The highest BCUT2D eigenvalue weighted by Crippen LogP contribution is 2.18. The highest BCUT2D eigenvalue weighted by molar-refractivity contribution is 5.81. The molecule has 104 valence electrons. The van der Waals surface area contributed by atoms with E-state index in [1.165, 1.54) is 0 Å². The standard InChI is InChI=1S/C13H25N3O2/c1-13(2,3)14-11(17)10-7-6-8-16(9-10)12(18)15(4)5/h10H,6-9H2,1-5H3,(H,14,17). The largest absolute Gasteiger partial charge is 0.351 e. The van der Waals surface area contributed by atoms with Crippen LogP contribution in [0.25, 0.3) is 0 Å². The molecule has 0 aliphatic carbocycles. The zero-order valence-electron chi connectivity index (χ0n) is 12.1. The maximum absolute atomic E-state index is 12.1. The van der Waals surface area contributed by atoms with E-state index in [-0.39, 0.29) is 23.4 Å². The molecule has 5 nitrogen and oxygen atoms in total. The predicted octanol–water partition coefficient (Wildman–Crippen LogP) is 1.29. The van der Waals surface area contributed by atoms with Crippen molar-refractivity contribution in [3.05, 3.63) is 0 Å². The van der Waals surface area contributed by atoms with Crippen LogP contribution in [0.4, 0.5) is 4.79 Å². The summed E-state index contributed by atoms with van der Waals surface area (Å²) < 4.78 is 0. The average molecular weight is 255 g/mol. The van der Waals surface area contributed by atoms with Crippen LogP contribution in [0.5, 0.6) is 0 Å². The van der Waals surface area contributed by atoms with Gasteiger partial charge >= 0.3 is 6.03 Å². The lowest BCUT2D eigenvalue weighted by Crippen LogP contribution is -2.51. The molecule has 0 saturated carbocycles. The fraction of sp³-hybridized carbons (Fsp3) is 0.846. The number of carbonyl (C=O) groups excluding carboxylic acids is 2. The molecule has 1 aliphatic rings. The second-order valence-corrected chi connectivity index (χ2v) is 6.20. The molecule has 1 atom stereocenters. The van der Waals surface area contributed by atoms with E-state index in [0.717, 1.165) is 19.4 Å². The summed E-state index contributed by atoms with van der Waals surface area (Å²) in [7, 11) is 3.47. The van der Waals surface area contributed by atoms with Crippen LogP contribution in [0, 0.1) is 5.92 Å². The second kappa shape index (κ2) is 5.59. The minimum Gasteiger partial charge on any atom is -0.351 e. The number of hydrogen-bond donors (Lipinski definition) is 1. The van der Waals surface area contributed by atoms with Crippen molar-refractivity contribution in [2.45, 2.75) is 39.2 Å². The number of carbonyl (C=O) groups is 2. The van der Waals surface area contributed by atoms with E-state index in [1.807, 2.05) is 20.8 Å². The number of nitrogens with one attached hydrogen (secondary N) is 1. The van der Waals surface area contributed by atoms with Gasteiger partial charge in [0.25, 0.3) is 0 Å². The zero-order chi connectivity index (χ0) is 13.9. The van der Waals surface area contributed by atoms with Crippen molar-refractivity contribution in [3.8, 4) is 0 Å². The summed E-state index contributed by atoms with van der Waals surface area (Å²) in [6.07, 6.45) is 1.75. The first-order valence-corrected chi connectivity index (χ1v) is 6.49. The first-order chi connectivity index (χ1) is 8.20. The number of nitrogens with zero attached hydrogens (tertiary/aromatic N) is 2. The van der Waals surface area contributed by atoms with Crippen LogP contribution in [-0.4, -0.2) is 54.5 Å². The van der Waals surface area contributed by atoms with Crippen LogP contribution in [0.3, 0.4) is 0 Å². The van der Waals surface area contributed by atoms with Crippen molar-refractivity contribution in [1.29, 1.82) is 0 Å². The molecule has 0 spiro atoms. The fourth-order valence-electron chi connectivity index (χ4n) is 2.12. The Morgan fingerprint density at radius 2 is 1.89 bits per heavy atom. The van der Waals surface area contributed by atoms with E-state index < -0.39 is 0 Å². The first kappa shape index (κ1) is 14.8. The average Bonchev–Trinajstić information content (AvgIpc) is 2.25. The maximum atomic E-state index is 12.1. The Bertz CT molecular complexity index is 321. The Hall–Kier alpha value is -1.26. The van der Waals surface area contributed by atoms with E-state index >= 15 is 0 Å². The molecule has 0 radical (unpaired) electrons. The lowest BCUT2D eigenvalue weighted by molar-refractivity contribution is -0.127. The molecule has 1 N–H and O–H groups in total. The predicted molar refractivity (Wildman–Crippen MR) is 71.3 cm³/mol. The van der Waals surface area contributed by atoms with E-state index in [1.54, 1.807) is 23.9 Å². The number of urea groups is 1. The van der Waals surface area contributed by atoms with Crippen molar-refractivity contribution >= 4 is 11.9 Å². The molecule has 1 heterocycles. The van der Waals surface area contributed by atoms with Gasteiger partial charge < -0.3 is 15.1 Å². The number of amides is 3. The molecule has 5 heteroatoms. The number of piperidine rings is 1. The molecule has 0 aromatic carbocycles. The van der Waals surface area contributed by atoms with Gasteiger partial charge in [-0.25, -0.2) is 4.79 Å². The first-order valence-electron chi connectivity index (χ1n) is 6.49. The summed E-state index contributed by atoms with van der Waals surface area (Å²) in [6, 6.07) is -0.0109. The fourth-order valence-corrected chi connectivity index (χ4v) is 2.12. The van der Waals surface area contributed by atoms with Gasteiger partial charge in [-0.05, 0) is 33.6 Å². The third-order valence-electron chi connectivity index (χ3n) is 2.94. The lowest BCUT2D eigenvalue weighted by Gasteiger charge is -2.35. The Morgan fingerprint density at radius 1 is 1.28 bits per heavy atom. The summed E-state index contributed by atoms with van der Waals surface area (Å²) in [4.78, 5) is 27.3. The van der Waals surface area contributed by atoms with Gasteiger partial charge in [-0.3, -0.25) is 4.79 Å². The minimum atomic E-state index is -0.217. The van der Waals surface area contributed by atoms with Crippen LogP contribution >= 0.6 is 0 Å². The second-order valence-electron chi connectivity index (χ2n) is 6.20. The molecule has 3 amide bonds. The Labute approximate surface area is 110 Å². The van der Waals surface area contributed by atoms with E-state index in [0.29, 0.717) is 6.54 Å². The number of hydrogen-bond acceptors (Lipinski definition) is 2. The molecule has 1 aliphatic heterocycles.